The molecular weight excluding hydrogens is 196 g/mol. The normalized spacial score (nSPS) is 13.5. The molecule has 0 heterocycles. The zero-order valence-electron chi connectivity index (χ0n) is 12.5. The fourth-order valence-corrected chi connectivity index (χ4v) is 1.75. The summed E-state index contributed by atoms with van der Waals surface area (Å²) >= 11 is 0. The Balaban J connectivity index is 3.45. The lowest BCUT2D eigenvalue weighted by atomic mass is 9.92. The monoisotopic (exact) mass is 228 g/mol. The summed E-state index contributed by atoms with van der Waals surface area (Å²) in [6, 6.07) is 0. The van der Waals surface area contributed by atoms with Crippen LogP contribution in [0.5, 0.6) is 0 Å². The molecule has 2 nitrogen and oxygen atoms in total. The predicted octanol–water partition coefficient (Wildman–Crippen LogP) is 2.99. The highest BCUT2D eigenvalue weighted by molar-refractivity contribution is 4.68. The van der Waals surface area contributed by atoms with E-state index in [1.165, 1.54) is 6.42 Å². The van der Waals surface area contributed by atoms with Crippen molar-refractivity contribution in [3.63, 3.8) is 0 Å². The van der Waals surface area contributed by atoms with Crippen molar-refractivity contribution < 1.29 is 0 Å². The lowest BCUT2D eigenvalue weighted by Gasteiger charge is -2.26. The van der Waals surface area contributed by atoms with Crippen molar-refractivity contribution in [2.75, 3.05) is 33.2 Å². The molecule has 0 unspecified atom stereocenters. The molecule has 16 heavy (non-hydrogen) atoms. The summed E-state index contributed by atoms with van der Waals surface area (Å²) < 4.78 is 0. The highest BCUT2D eigenvalue weighted by atomic mass is 15.1. The molecule has 0 saturated carbocycles. The number of hydrogen-bond acceptors (Lipinski definition) is 2. The van der Waals surface area contributed by atoms with Gasteiger partial charge in [-0.1, -0.05) is 41.5 Å². The molecule has 2 heteroatoms. The largest absolute Gasteiger partial charge is 0.315 e. The van der Waals surface area contributed by atoms with Crippen molar-refractivity contribution in [2.45, 2.75) is 48.0 Å². The number of likely N-dealkylation sites (N-methyl/N-ethyl adjacent to an activating group) is 1. The predicted molar refractivity (Wildman–Crippen MR) is 73.9 cm³/mol. The highest BCUT2D eigenvalue weighted by Crippen LogP contribution is 2.17. The highest BCUT2D eigenvalue weighted by Gasteiger charge is 2.13. The fourth-order valence-electron chi connectivity index (χ4n) is 1.75. The van der Waals surface area contributed by atoms with Crippen LogP contribution in [0.3, 0.4) is 0 Å². The van der Waals surface area contributed by atoms with E-state index in [2.05, 4.69) is 58.8 Å². The smallest absolute Gasteiger partial charge is 0.0104 e. The van der Waals surface area contributed by atoms with Crippen molar-refractivity contribution in [1.82, 2.24) is 10.2 Å². The van der Waals surface area contributed by atoms with Gasteiger partial charge in [-0.05, 0) is 30.8 Å². The average Bonchev–Trinajstić information content (AvgIpc) is 1.97. The summed E-state index contributed by atoms with van der Waals surface area (Å²) in [7, 11) is 2.21. The zero-order chi connectivity index (χ0) is 12.8. The Kier molecular flexibility index (Phi) is 6.57. The molecule has 0 aliphatic rings. The van der Waals surface area contributed by atoms with Gasteiger partial charge in [-0.3, -0.25) is 0 Å². The maximum absolute atomic E-state index is 3.52. The van der Waals surface area contributed by atoms with Crippen LogP contribution in [0.25, 0.3) is 0 Å². The van der Waals surface area contributed by atoms with Crippen molar-refractivity contribution in [3.05, 3.63) is 0 Å². The minimum Gasteiger partial charge on any atom is -0.315 e. The summed E-state index contributed by atoms with van der Waals surface area (Å²) in [6.45, 7) is 18.3. The SMILES string of the molecule is CN(CCNCCC(C)(C)C)CC(C)(C)C. The lowest BCUT2D eigenvalue weighted by Crippen LogP contribution is -2.35. The lowest BCUT2D eigenvalue weighted by molar-refractivity contribution is 0.226. The van der Waals surface area contributed by atoms with Gasteiger partial charge in [0, 0.05) is 19.6 Å². The molecule has 0 atom stereocenters. The zero-order valence-corrected chi connectivity index (χ0v) is 12.5. The third kappa shape index (κ3) is 12.0. The van der Waals surface area contributed by atoms with Gasteiger partial charge in [0.25, 0.3) is 0 Å². The summed E-state index contributed by atoms with van der Waals surface area (Å²) in [5, 5.41) is 3.52. The minimum absolute atomic E-state index is 0.403. The average molecular weight is 228 g/mol. The molecule has 0 aliphatic heterocycles. The quantitative estimate of drug-likeness (QED) is 0.703. The van der Waals surface area contributed by atoms with Crippen LogP contribution in [-0.2, 0) is 0 Å². The van der Waals surface area contributed by atoms with E-state index in [-0.39, 0.29) is 0 Å². The van der Waals surface area contributed by atoms with Gasteiger partial charge in [0.05, 0.1) is 0 Å². The molecule has 1 N–H and O–H groups in total. The summed E-state index contributed by atoms with van der Waals surface area (Å²) in [6.07, 6.45) is 1.25. The van der Waals surface area contributed by atoms with Crippen LogP contribution in [0.2, 0.25) is 0 Å². The topological polar surface area (TPSA) is 15.3 Å². The van der Waals surface area contributed by atoms with Crippen LogP contribution in [0.1, 0.15) is 48.0 Å². The molecular formula is C14H32N2. The van der Waals surface area contributed by atoms with Gasteiger partial charge < -0.3 is 10.2 Å². The molecule has 0 aromatic carbocycles. The second-order valence-corrected chi connectivity index (χ2v) is 7.36. The first-order valence-electron chi connectivity index (χ1n) is 6.49. The number of nitrogens with zero attached hydrogens (tertiary/aromatic N) is 1. The second-order valence-electron chi connectivity index (χ2n) is 7.36. The summed E-state index contributed by atoms with van der Waals surface area (Å²) in [5.74, 6) is 0. The van der Waals surface area contributed by atoms with E-state index in [1.54, 1.807) is 0 Å². The minimum atomic E-state index is 0.403. The third-order valence-corrected chi connectivity index (χ3v) is 2.47. The van der Waals surface area contributed by atoms with E-state index in [1.807, 2.05) is 0 Å². The van der Waals surface area contributed by atoms with E-state index in [0.29, 0.717) is 10.8 Å². The molecule has 0 aliphatic carbocycles. The molecule has 0 bridgehead atoms. The summed E-state index contributed by atoms with van der Waals surface area (Å²) in [5.41, 5.74) is 0.852. The maximum Gasteiger partial charge on any atom is 0.0104 e. The number of nitrogens with one attached hydrogen (secondary N) is 1. The first-order valence-corrected chi connectivity index (χ1v) is 6.49. The van der Waals surface area contributed by atoms with Crippen LogP contribution >= 0.6 is 0 Å². The molecule has 0 aromatic heterocycles. The van der Waals surface area contributed by atoms with Crippen LogP contribution in [-0.4, -0.2) is 38.1 Å². The number of hydrogen-bond donors (Lipinski definition) is 1. The molecule has 0 aromatic rings. The Hall–Kier alpha value is -0.0800. The Morgan fingerprint density at radius 2 is 1.44 bits per heavy atom. The first kappa shape index (κ1) is 15.9. The van der Waals surface area contributed by atoms with E-state index >= 15 is 0 Å². The molecule has 0 amide bonds. The number of rotatable bonds is 6. The molecule has 0 radical (unpaired) electrons. The van der Waals surface area contributed by atoms with E-state index in [0.717, 1.165) is 26.2 Å². The van der Waals surface area contributed by atoms with Crippen LogP contribution in [0.4, 0.5) is 0 Å². The Labute approximate surface area is 103 Å². The maximum atomic E-state index is 3.52. The molecule has 0 rings (SSSR count). The standard InChI is InChI=1S/C14H32N2/c1-13(2,3)8-9-15-10-11-16(7)12-14(4,5)6/h15H,8-12H2,1-7H3. The van der Waals surface area contributed by atoms with Gasteiger partial charge in [0.1, 0.15) is 0 Å². The van der Waals surface area contributed by atoms with Gasteiger partial charge >= 0.3 is 0 Å². The van der Waals surface area contributed by atoms with Crippen LogP contribution in [0.15, 0.2) is 0 Å². The van der Waals surface area contributed by atoms with Crippen LogP contribution in [0, 0.1) is 10.8 Å². The van der Waals surface area contributed by atoms with Gasteiger partial charge in [-0.25, -0.2) is 0 Å². The first-order chi connectivity index (χ1) is 7.10. The third-order valence-electron chi connectivity index (χ3n) is 2.47. The molecule has 0 fully saturated rings. The molecule has 0 spiro atoms. The van der Waals surface area contributed by atoms with Crippen LogP contribution < -0.4 is 5.32 Å². The van der Waals surface area contributed by atoms with Gasteiger partial charge in [0.15, 0.2) is 0 Å². The molecule has 98 valence electrons. The summed E-state index contributed by atoms with van der Waals surface area (Å²) in [4.78, 5) is 2.41. The van der Waals surface area contributed by atoms with Crippen molar-refractivity contribution >= 4 is 0 Å². The van der Waals surface area contributed by atoms with E-state index < -0.39 is 0 Å². The van der Waals surface area contributed by atoms with Crippen molar-refractivity contribution in [1.29, 1.82) is 0 Å². The van der Waals surface area contributed by atoms with Crippen molar-refractivity contribution in [3.8, 4) is 0 Å². The van der Waals surface area contributed by atoms with Gasteiger partial charge in [-0.15, -0.1) is 0 Å². The fraction of sp³-hybridized carbons (Fsp3) is 1.00. The Morgan fingerprint density at radius 3 is 1.88 bits per heavy atom. The molecule has 0 saturated heterocycles. The van der Waals surface area contributed by atoms with Crippen molar-refractivity contribution in [2.24, 2.45) is 10.8 Å². The van der Waals surface area contributed by atoms with E-state index in [9.17, 15) is 0 Å². The van der Waals surface area contributed by atoms with E-state index in [4.69, 9.17) is 0 Å². The second kappa shape index (κ2) is 6.61. The Bertz CT molecular complexity index is 174. The Morgan fingerprint density at radius 1 is 0.875 bits per heavy atom. The van der Waals surface area contributed by atoms with Gasteiger partial charge in [-0.2, -0.15) is 0 Å². The van der Waals surface area contributed by atoms with Gasteiger partial charge in [0.2, 0.25) is 0 Å².